The zero-order valence-corrected chi connectivity index (χ0v) is 13.0. The number of hydrogen-bond donors (Lipinski definition) is 0. The van der Waals surface area contributed by atoms with Crippen LogP contribution in [-0.2, 0) is 20.9 Å². The minimum absolute atomic E-state index is 0.0826. The van der Waals surface area contributed by atoms with Gasteiger partial charge in [-0.25, -0.2) is 4.90 Å². The molecule has 0 spiro atoms. The Labute approximate surface area is 139 Å². The van der Waals surface area contributed by atoms with Gasteiger partial charge in [-0.2, -0.15) is 5.10 Å². The van der Waals surface area contributed by atoms with E-state index in [2.05, 4.69) is 5.10 Å². The van der Waals surface area contributed by atoms with Gasteiger partial charge in [-0.05, 0) is 18.4 Å². The number of carbonyl (C=O) groups is 2. The second-order valence-electron chi connectivity index (χ2n) is 6.74. The molecule has 6 nitrogen and oxygen atoms in total. The lowest BCUT2D eigenvalue weighted by Crippen LogP contribution is -2.33. The van der Waals surface area contributed by atoms with E-state index in [1.54, 1.807) is 17.1 Å². The van der Waals surface area contributed by atoms with E-state index in [0.717, 1.165) is 18.4 Å². The fraction of sp³-hybridized carbons (Fsp3) is 0.389. The van der Waals surface area contributed by atoms with Crippen molar-refractivity contribution in [1.29, 1.82) is 0 Å². The number of fused-ring (bicyclic) bond motifs is 5. The molecular formula is C18H17N3O3. The van der Waals surface area contributed by atoms with Crippen LogP contribution in [0.1, 0.15) is 18.4 Å². The first kappa shape index (κ1) is 13.9. The van der Waals surface area contributed by atoms with Gasteiger partial charge in [0.1, 0.15) is 0 Å². The van der Waals surface area contributed by atoms with Crippen LogP contribution in [0.25, 0.3) is 0 Å². The van der Waals surface area contributed by atoms with E-state index >= 15 is 0 Å². The average Bonchev–Trinajstić information content (AvgIpc) is 3.34. The SMILES string of the molecule is O=C1C2C3CCC(O3)C2C(=O)N1c1cnn(Cc2ccccc2)c1. The quantitative estimate of drug-likeness (QED) is 0.805. The first-order chi connectivity index (χ1) is 11.7. The van der Waals surface area contributed by atoms with Crippen LogP contribution in [0.3, 0.4) is 0 Å². The minimum Gasteiger partial charge on any atom is -0.373 e. The number of ether oxygens (including phenoxy) is 1. The molecule has 0 aliphatic carbocycles. The summed E-state index contributed by atoms with van der Waals surface area (Å²) in [5.74, 6) is -0.852. The van der Waals surface area contributed by atoms with Crippen molar-refractivity contribution in [3.05, 3.63) is 48.3 Å². The third kappa shape index (κ3) is 1.89. The normalized spacial score (nSPS) is 31.1. The number of amides is 2. The van der Waals surface area contributed by atoms with Crippen molar-refractivity contribution >= 4 is 17.5 Å². The maximum atomic E-state index is 12.7. The predicted molar refractivity (Wildman–Crippen MR) is 85.1 cm³/mol. The minimum atomic E-state index is -0.297. The van der Waals surface area contributed by atoms with E-state index < -0.39 is 0 Å². The molecule has 1 aromatic carbocycles. The zero-order valence-electron chi connectivity index (χ0n) is 13.0. The van der Waals surface area contributed by atoms with Crippen molar-refractivity contribution in [1.82, 2.24) is 9.78 Å². The predicted octanol–water partition coefficient (Wildman–Crippen LogP) is 1.60. The Bertz CT molecular complexity index is 788. The molecule has 24 heavy (non-hydrogen) atoms. The fourth-order valence-electron chi connectivity index (χ4n) is 4.29. The van der Waals surface area contributed by atoms with Crippen molar-refractivity contribution < 1.29 is 14.3 Å². The van der Waals surface area contributed by atoms with Crippen LogP contribution >= 0.6 is 0 Å². The van der Waals surface area contributed by atoms with Gasteiger partial charge in [0.2, 0.25) is 11.8 Å². The van der Waals surface area contributed by atoms with Crippen LogP contribution in [0.4, 0.5) is 5.69 Å². The summed E-state index contributed by atoms with van der Waals surface area (Å²) >= 11 is 0. The molecule has 2 amide bonds. The molecule has 3 aliphatic rings. The molecule has 5 rings (SSSR count). The van der Waals surface area contributed by atoms with Crippen LogP contribution in [0.2, 0.25) is 0 Å². The third-order valence-corrected chi connectivity index (χ3v) is 5.35. The van der Waals surface area contributed by atoms with Crippen molar-refractivity contribution in [3.63, 3.8) is 0 Å². The maximum Gasteiger partial charge on any atom is 0.240 e. The molecule has 3 fully saturated rings. The lowest BCUT2D eigenvalue weighted by atomic mass is 9.81. The highest BCUT2D eigenvalue weighted by Crippen LogP contribution is 2.49. The molecule has 4 unspecified atom stereocenters. The molecule has 1 aromatic heterocycles. The Morgan fingerprint density at radius 2 is 1.71 bits per heavy atom. The molecule has 2 bridgehead atoms. The Morgan fingerprint density at radius 1 is 1.04 bits per heavy atom. The standard InChI is InChI=1S/C18H17N3O3/c22-17-15-13-6-7-14(24-13)16(15)18(23)21(17)12-8-19-20(10-12)9-11-4-2-1-3-5-11/h1-5,8,10,13-16H,6-7,9H2. The van der Waals surface area contributed by atoms with Gasteiger partial charge in [-0.15, -0.1) is 0 Å². The lowest BCUT2D eigenvalue weighted by Gasteiger charge is -2.15. The van der Waals surface area contributed by atoms with E-state index in [9.17, 15) is 9.59 Å². The Morgan fingerprint density at radius 3 is 2.38 bits per heavy atom. The molecule has 2 aromatic rings. The molecule has 4 heterocycles. The molecular weight excluding hydrogens is 306 g/mol. The zero-order chi connectivity index (χ0) is 16.3. The van der Waals surface area contributed by atoms with Gasteiger partial charge < -0.3 is 4.74 Å². The number of anilines is 1. The third-order valence-electron chi connectivity index (χ3n) is 5.35. The Hall–Kier alpha value is -2.47. The van der Waals surface area contributed by atoms with Crippen molar-refractivity contribution in [2.24, 2.45) is 11.8 Å². The summed E-state index contributed by atoms with van der Waals surface area (Å²) < 4.78 is 7.51. The molecule has 0 radical (unpaired) electrons. The lowest BCUT2D eigenvalue weighted by molar-refractivity contribution is -0.124. The number of aromatic nitrogens is 2. The largest absolute Gasteiger partial charge is 0.373 e. The smallest absolute Gasteiger partial charge is 0.240 e. The van der Waals surface area contributed by atoms with Gasteiger partial charge in [0, 0.05) is 6.20 Å². The van der Waals surface area contributed by atoms with Gasteiger partial charge in [0.15, 0.2) is 0 Å². The van der Waals surface area contributed by atoms with Crippen LogP contribution < -0.4 is 4.90 Å². The van der Waals surface area contributed by atoms with E-state index in [4.69, 9.17) is 4.74 Å². The number of nitrogens with zero attached hydrogens (tertiary/aromatic N) is 3. The van der Waals surface area contributed by atoms with Crippen LogP contribution in [0, 0.1) is 11.8 Å². The number of carbonyl (C=O) groups excluding carboxylic acids is 2. The van der Waals surface area contributed by atoms with Gasteiger partial charge in [-0.3, -0.25) is 14.3 Å². The van der Waals surface area contributed by atoms with Crippen molar-refractivity contribution in [2.45, 2.75) is 31.6 Å². The summed E-state index contributed by atoms with van der Waals surface area (Å²) in [6.45, 7) is 0.609. The van der Waals surface area contributed by atoms with Gasteiger partial charge >= 0.3 is 0 Å². The monoisotopic (exact) mass is 323 g/mol. The summed E-state index contributed by atoms with van der Waals surface area (Å²) in [5.41, 5.74) is 1.68. The van der Waals surface area contributed by atoms with Crippen molar-refractivity contribution in [2.75, 3.05) is 4.90 Å². The summed E-state index contributed by atoms with van der Waals surface area (Å²) in [7, 11) is 0. The van der Waals surface area contributed by atoms with Gasteiger partial charge in [0.25, 0.3) is 0 Å². The molecule has 122 valence electrons. The summed E-state index contributed by atoms with van der Waals surface area (Å²) in [4.78, 5) is 26.8. The summed E-state index contributed by atoms with van der Waals surface area (Å²) in [6.07, 6.45) is 4.97. The second-order valence-corrected chi connectivity index (χ2v) is 6.74. The molecule has 4 atom stereocenters. The van der Waals surface area contributed by atoms with Crippen LogP contribution in [0.15, 0.2) is 42.7 Å². The highest BCUT2D eigenvalue weighted by Gasteiger charge is 2.62. The van der Waals surface area contributed by atoms with Crippen LogP contribution in [-0.4, -0.2) is 33.8 Å². The van der Waals surface area contributed by atoms with Gasteiger partial charge in [0.05, 0.1) is 42.5 Å². The first-order valence-electron chi connectivity index (χ1n) is 8.32. The number of benzene rings is 1. The van der Waals surface area contributed by atoms with Crippen LogP contribution in [0.5, 0.6) is 0 Å². The summed E-state index contributed by atoms with van der Waals surface area (Å²) in [5, 5.41) is 4.31. The highest BCUT2D eigenvalue weighted by atomic mass is 16.5. The maximum absolute atomic E-state index is 12.7. The van der Waals surface area contributed by atoms with Crippen molar-refractivity contribution in [3.8, 4) is 0 Å². The average molecular weight is 323 g/mol. The number of imide groups is 1. The highest BCUT2D eigenvalue weighted by molar-refractivity contribution is 6.22. The fourth-order valence-corrected chi connectivity index (χ4v) is 4.29. The van der Waals surface area contributed by atoms with Gasteiger partial charge in [-0.1, -0.05) is 30.3 Å². The van der Waals surface area contributed by atoms with E-state index in [1.807, 2.05) is 30.3 Å². The summed E-state index contributed by atoms with van der Waals surface area (Å²) in [6, 6.07) is 9.96. The molecule has 3 aliphatic heterocycles. The molecule has 0 saturated carbocycles. The number of hydrogen-bond acceptors (Lipinski definition) is 4. The first-order valence-corrected chi connectivity index (χ1v) is 8.32. The number of rotatable bonds is 3. The van der Waals surface area contributed by atoms with E-state index in [1.165, 1.54) is 4.90 Å². The molecule has 6 heteroatoms. The van der Waals surface area contributed by atoms with E-state index in [-0.39, 0.29) is 35.9 Å². The molecule has 3 saturated heterocycles. The van der Waals surface area contributed by atoms with E-state index in [0.29, 0.717) is 12.2 Å². The Balaban J connectivity index is 1.41. The Kier molecular flexibility index (Phi) is 2.91. The second kappa shape index (κ2) is 5.01. The molecule has 0 N–H and O–H groups in total. The topological polar surface area (TPSA) is 64.4 Å².